The van der Waals surface area contributed by atoms with Gasteiger partial charge in [0.2, 0.25) is 0 Å². The Morgan fingerprint density at radius 2 is 0.818 bits per heavy atom. The molecular weight excluding hydrogens is 296 g/mol. The Kier molecular flexibility index (Phi) is 9.90. The van der Waals surface area contributed by atoms with Crippen molar-refractivity contribution in [3.8, 4) is 0 Å². The molecule has 0 aromatic carbocycles. The topological polar surface area (TPSA) is 155 Å². The summed E-state index contributed by atoms with van der Waals surface area (Å²) in [5.41, 5.74) is 0. The van der Waals surface area contributed by atoms with E-state index in [1.54, 1.807) is 0 Å². The zero-order chi connectivity index (χ0) is 9.00. The normalized spacial score (nSPS) is 10.5. The molecule has 11 heteroatoms. The first-order chi connectivity index (χ1) is 4.00. The Morgan fingerprint density at radius 1 is 0.818 bits per heavy atom. The molecule has 0 aliphatic carbocycles. The van der Waals surface area contributed by atoms with Crippen molar-refractivity contribution in [2.75, 3.05) is 0 Å². The van der Waals surface area contributed by atoms with E-state index in [-0.39, 0.29) is 17.1 Å². The van der Waals surface area contributed by atoms with Gasteiger partial charge in [-0.25, -0.2) is 0 Å². The third-order valence-corrected chi connectivity index (χ3v) is 0. The molecule has 0 aliphatic rings. The van der Waals surface area contributed by atoms with E-state index in [9.17, 15) is 0 Å². The van der Waals surface area contributed by atoms with Gasteiger partial charge in [0.15, 0.2) is 0 Å². The van der Waals surface area contributed by atoms with E-state index in [1.165, 1.54) is 0 Å². The second-order valence-corrected chi connectivity index (χ2v) is 3.53. The first-order valence-electron chi connectivity index (χ1n) is 1.37. The van der Waals surface area contributed by atoms with Gasteiger partial charge in [-0.05, 0) is 0 Å². The third kappa shape index (κ3) is 2030. The summed E-state index contributed by atoms with van der Waals surface area (Å²) < 4.78 is 66.3. The van der Waals surface area contributed by atoms with E-state index in [0.29, 0.717) is 0 Å². The van der Waals surface area contributed by atoms with Crippen molar-refractivity contribution in [1.29, 1.82) is 0 Å². The molecule has 2 N–H and O–H groups in total. The molecule has 0 aromatic rings. The summed E-state index contributed by atoms with van der Waals surface area (Å²) in [6.07, 6.45) is 0. The van der Waals surface area contributed by atoms with Gasteiger partial charge in [0.1, 0.15) is 0 Å². The summed E-state index contributed by atoms with van der Waals surface area (Å²) in [7, 11) is 0. The zero-order valence-electron chi connectivity index (χ0n) is 4.46. The molecule has 0 rings (SSSR count). The van der Waals surface area contributed by atoms with Crippen LogP contribution in [0.3, 0.4) is 0 Å². The van der Waals surface area contributed by atoms with Crippen LogP contribution in [0.15, 0.2) is 0 Å². The second kappa shape index (κ2) is 6.17. The molecule has 0 amide bonds. The van der Waals surface area contributed by atoms with Crippen molar-refractivity contribution < 1.29 is 76.1 Å². The Balaban J connectivity index is -0.000000107. The van der Waals surface area contributed by atoms with Crippen LogP contribution < -0.4 is 8.32 Å². The quantitative estimate of drug-likeness (QED) is 0.429. The standard InChI is InChI=1S/2Cr.Cu.2H2O.6O/h;;;2*1H2;;;;;;/q2*+1;+2;;;;;;;2*-1/p-2. The van der Waals surface area contributed by atoms with Crippen molar-refractivity contribution in [1.82, 2.24) is 0 Å². The van der Waals surface area contributed by atoms with Crippen molar-refractivity contribution in [2.24, 2.45) is 0 Å². The molecule has 73 valence electrons. The minimum absolute atomic E-state index is 0. The van der Waals surface area contributed by atoms with Gasteiger partial charge in [0.05, 0.1) is 0 Å². The molecule has 0 spiro atoms. The zero-order valence-corrected chi connectivity index (χ0v) is 7.95. The van der Waals surface area contributed by atoms with Gasteiger partial charge in [0.25, 0.3) is 0 Å². The molecule has 0 aromatic heterocycles. The fourth-order valence-corrected chi connectivity index (χ4v) is 0. The summed E-state index contributed by atoms with van der Waals surface area (Å²) in [4.78, 5) is 0. The Labute approximate surface area is 76.1 Å². The van der Waals surface area contributed by atoms with Crippen LogP contribution in [0.1, 0.15) is 0 Å². The van der Waals surface area contributed by atoms with E-state index < -0.39 is 27.2 Å². The Hall–Kier alpha value is 0.624. The summed E-state index contributed by atoms with van der Waals surface area (Å²) >= 11 is -11.0. The SMILES string of the molecule is [Cu+2].[O]=[Cr](=[O])([O-])[OH].[O]=[Cr](=[O])([O-])[OH]. The first-order valence-corrected chi connectivity index (χ1v) is 5.63. The third-order valence-electron chi connectivity index (χ3n) is 0. The van der Waals surface area contributed by atoms with E-state index in [1.807, 2.05) is 0 Å². The molecule has 0 saturated heterocycles. The average molecular weight is 298 g/mol. The molecule has 1 radical (unpaired) electrons. The van der Waals surface area contributed by atoms with Crippen LogP contribution in [0.2, 0.25) is 0 Å². The van der Waals surface area contributed by atoms with Crippen LogP contribution in [0, 0.1) is 0 Å². The fourth-order valence-electron chi connectivity index (χ4n) is 0. The van der Waals surface area contributed by atoms with Crippen LogP contribution in [0.4, 0.5) is 0 Å². The van der Waals surface area contributed by atoms with Crippen LogP contribution in [0.25, 0.3) is 0 Å². The van der Waals surface area contributed by atoms with Gasteiger partial charge in [-0.15, -0.1) is 0 Å². The monoisotopic (exact) mass is 297 g/mol. The summed E-state index contributed by atoms with van der Waals surface area (Å²) in [6.45, 7) is 0. The summed E-state index contributed by atoms with van der Waals surface area (Å²) in [6, 6.07) is 0. The van der Waals surface area contributed by atoms with E-state index in [0.717, 1.165) is 0 Å². The van der Waals surface area contributed by atoms with E-state index in [4.69, 9.17) is 31.8 Å². The predicted molar refractivity (Wildman–Crippen MR) is 7.18 cm³/mol. The van der Waals surface area contributed by atoms with Crippen LogP contribution in [-0.4, -0.2) is 8.32 Å². The number of rotatable bonds is 0. The van der Waals surface area contributed by atoms with Crippen LogP contribution in [-0.2, 0) is 59.5 Å². The molecule has 0 fully saturated rings. The molecule has 0 heterocycles. The number of hydrogen-bond acceptors (Lipinski definition) is 6. The molecule has 0 saturated carbocycles. The average Bonchev–Trinajstić information content (AvgIpc) is 1.12. The minimum atomic E-state index is -5.50. The summed E-state index contributed by atoms with van der Waals surface area (Å²) in [5.74, 6) is 0. The van der Waals surface area contributed by atoms with Crippen LogP contribution in [0.5, 0.6) is 0 Å². The molecule has 0 atom stereocenters. The maximum absolute atomic E-state index is 8.70. The molecule has 11 heavy (non-hydrogen) atoms. The van der Waals surface area contributed by atoms with Crippen molar-refractivity contribution in [3.05, 3.63) is 0 Å². The van der Waals surface area contributed by atoms with Gasteiger partial charge in [-0.3, -0.25) is 0 Å². The summed E-state index contributed by atoms with van der Waals surface area (Å²) in [5, 5.41) is 0. The molecule has 0 unspecified atom stereocenters. The Bertz CT molecular complexity index is 208. The van der Waals surface area contributed by atoms with Crippen molar-refractivity contribution in [2.45, 2.75) is 0 Å². The fraction of sp³-hybridized carbons (Fsp3) is 0. The van der Waals surface area contributed by atoms with E-state index in [2.05, 4.69) is 0 Å². The molecule has 0 bridgehead atoms. The maximum atomic E-state index is 8.70. The second-order valence-electron chi connectivity index (χ2n) is 0.855. The van der Waals surface area contributed by atoms with E-state index >= 15 is 0 Å². The van der Waals surface area contributed by atoms with Crippen molar-refractivity contribution >= 4 is 0 Å². The molecule has 8 nitrogen and oxygen atoms in total. The first kappa shape index (κ1) is 17.6. The Morgan fingerprint density at radius 3 is 0.818 bits per heavy atom. The van der Waals surface area contributed by atoms with Gasteiger partial charge in [-0.2, -0.15) is 0 Å². The van der Waals surface area contributed by atoms with Gasteiger partial charge in [-0.1, -0.05) is 0 Å². The van der Waals surface area contributed by atoms with Gasteiger partial charge >= 0.3 is 76.1 Å². The number of hydrogen-bond donors (Lipinski definition) is 2. The molecule has 0 aliphatic heterocycles. The van der Waals surface area contributed by atoms with Crippen LogP contribution >= 0.6 is 0 Å². The van der Waals surface area contributed by atoms with Gasteiger partial charge < -0.3 is 0 Å². The molecular formula is H2Cr2CuO8. The van der Waals surface area contributed by atoms with Crippen molar-refractivity contribution in [3.63, 3.8) is 0 Å². The predicted octanol–water partition coefficient (Wildman–Crippen LogP) is -3.97. The van der Waals surface area contributed by atoms with Gasteiger partial charge in [0, 0.05) is 0 Å².